The monoisotopic (exact) mass is 346 g/mol. The van der Waals surface area contributed by atoms with Crippen molar-refractivity contribution in [3.8, 4) is 0 Å². The standard InChI is InChI=1S/C12H15BrN2O5/c1-2-3-14-5-8(13)4-9(14)12(20)15(6-10(16)17)7-11(18)19/h4-5H,2-3,6-7H2,1H3,(H,16,17)(H,18,19). The van der Waals surface area contributed by atoms with Crippen molar-refractivity contribution in [2.24, 2.45) is 0 Å². The molecule has 0 spiro atoms. The molecular formula is C12H15BrN2O5. The van der Waals surface area contributed by atoms with Crippen molar-refractivity contribution in [3.63, 3.8) is 0 Å². The van der Waals surface area contributed by atoms with Crippen molar-refractivity contribution < 1.29 is 24.6 Å². The van der Waals surface area contributed by atoms with Gasteiger partial charge in [-0.15, -0.1) is 0 Å². The molecule has 1 aromatic rings. The van der Waals surface area contributed by atoms with Crippen LogP contribution in [0.15, 0.2) is 16.7 Å². The second kappa shape index (κ2) is 7.09. The lowest BCUT2D eigenvalue weighted by molar-refractivity contribution is -0.140. The molecule has 0 bridgehead atoms. The zero-order chi connectivity index (χ0) is 15.3. The summed E-state index contributed by atoms with van der Waals surface area (Å²) in [4.78, 5) is 34.6. The molecule has 0 aliphatic carbocycles. The fourth-order valence-electron chi connectivity index (χ4n) is 1.77. The summed E-state index contributed by atoms with van der Waals surface area (Å²) < 4.78 is 2.35. The molecule has 0 aliphatic heterocycles. The van der Waals surface area contributed by atoms with Crippen LogP contribution >= 0.6 is 15.9 Å². The molecule has 0 aromatic carbocycles. The maximum Gasteiger partial charge on any atom is 0.323 e. The normalized spacial score (nSPS) is 10.3. The molecular weight excluding hydrogens is 332 g/mol. The van der Waals surface area contributed by atoms with E-state index >= 15 is 0 Å². The minimum absolute atomic E-state index is 0.265. The van der Waals surface area contributed by atoms with Crippen molar-refractivity contribution in [1.29, 1.82) is 0 Å². The number of carboxylic acid groups (broad SMARTS) is 2. The highest BCUT2D eigenvalue weighted by atomic mass is 79.9. The largest absolute Gasteiger partial charge is 0.480 e. The van der Waals surface area contributed by atoms with E-state index in [9.17, 15) is 14.4 Å². The van der Waals surface area contributed by atoms with Crippen LogP contribution < -0.4 is 0 Å². The van der Waals surface area contributed by atoms with Crippen molar-refractivity contribution >= 4 is 33.8 Å². The zero-order valence-corrected chi connectivity index (χ0v) is 12.5. The Kier molecular flexibility index (Phi) is 5.75. The van der Waals surface area contributed by atoms with E-state index in [-0.39, 0.29) is 5.69 Å². The van der Waals surface area contributed by atoms with Gasteiger partial charge >= 0.3 is 11.9 Å². The summed E-state index contributed by atoms with van der Waals surface area (Å²) >= 11 is 3.25. The summed E-state index contributed by atoms with van der Waals surface area (Å²) in [7, 11) is 0. The van der Waals surface area contributed by atoms with Crippen molar-refractivity contribution in [2.75, 3.05) is 13.1 Å². The Morgan fingerprint density at radius 2 is 1.80 bits per heavy atom. The number of aliphatic carboxylic acids is 2. The Morgan fingerprint density at radius 1 is 1.25 bits per heavy atom. The number of carbonyl (C=O) groups is 3. The summed E-state index contributed by atoms with van der Waals surface area (Å²) in [5.41, 5.74) is 0.265. The van der Waals surface area contributed by atoms with E-state index in [4.69, 9.17) is 10.2 Å². The summed E-state index contributed by atoms with van der Waals surface area (Å²) in [6, 6.07) is 1.55. The van der Waals surface area contributed by atoms with E-state index in [1.165, 1.54) is 0 Å². The van der Waals surface area contributed by atoms with Gasteiger partial charge in [-0.2, -0.15) is 0 Å². The van der Waals surface area contributed by atoms with Gasteiger partial charge in [-0.1, -0.05) is 6.92 Å². The molecule has 0 atom stereocenters. The Labute approximate surface area is 123 Å². The molecule has 2 N–H and O–H groups in total. The molecule has 7 nitrogen and oxygen atoms in total. The Morgan fingerprint density at radius 3 is 2.25 bits per heavy atom. The number of hydrogen-bond acceptors (Lipinski definition) is 3. The summed E-state index contributed by atoms with van der Waals surface area (Å²) in [5.74, 6) is -3.13. The van der Waals surface area contributed by atoms with Crippen LogP contribution in [0.1, 0.15) is 23.8 Å². The molecule has 0 unspecified atom stereocenters. The van der Waals surface area contributed by atoms with E-state index < -0.39 is 30.9 Å². The zero-order valence-electron chi connectivity index (χ0n) is 10.9. The van der Waals surface area contributed by atoms with Gasteiger partial charge in [-0.05, 0) is 28.4 Å². The van der Waals surface area contributed by atoms with Gasteiger partial charge in [-0.3, -0.25) is 14.4 Å². The number of hydrogen-bond donors (Lipinski definition) is 2. The first-order valence-corrected chi connectivity index (χ1v) is 6.73. The lowest BCUT2D eigenvalue weighted by Crippen LogP contribution is -2.40. The van der Waals surface area contributed by atoms with Crippen LogP contribution in [0.3, 0.4) is 0 Å². The molecule has 8 heteroatoms. The fourth-order valence-corrected chi connectivity index (χ4v) is 2.23. The molecule has 1 aromatic heterocycles. The van der Waals surface area contributed by atoms with Gasteiger partial charge in [0.1, 0.15) is 18.8 Å². The van der Waals surface area contributed by atoms with Crippen molar-refractivity contribution in [3.05, 3.63) is 22.4 Å². The Balaban J connectivity index is 3.04. The van der Waals surface area contributed by atoms with E-state index in [0.717, 1.165) is 11.3 Å². The first-order chi connectivity index (χ1) is 9.35. The lowest BCUT2D eigenvalue weighted by atomic mass is 10.3. The predicted molar refractivity (Wildman–Crippen MR) is 73.6 cm³/mol. The SMILES string of the molecule is CCCn1cc(Br)cc1C(=O)N(CC(=O)O)CC(=O)O. The molecule has 0 saturated heterocycles. The van der Waals surface area contributed by atoms with E-state index in [0.29, 0.717) is 11.0 Å². The van der Waals surface area contributed by atoms with Gasteiger partial charge in [0.15, 0.2) is 0 Å². The molecule has 0 aliphatic rings. The second-order valence-electron chi connectivity index (χ2n) is 4.19. The third kappa shape index (κ3) is 4.37. The van der Waals surface area contributed by atoms with Crippen LogP contribution in [0.4, 0.5) is 0 Å². The molecule has 0 fully saturated rings. The van der Waals surface area contributed by atoms with Gasteiger partial charge < -0.3 is 19.7 Å². The number of aryl methyl sites for hydroxylation is 1. The number of carbonyl (C=O) groups excluding carboxylic acids is 1. The van der Waals surface area contributed by atoms with Crippen LogP contribution in [-0.4, -0.2) is 50.6 Å². The summed E-state index contributed by atoms with van der Waals surface area (Å²) in [5, 5.41) is 17.5. The van der Waals surface area contributed by atoms with Crippen LogP contribution in [0.5, 0.6) is 0 Å². The number of carboxylic acids is 2. The van der Waals surface area contributed by atoms with Gasteiger partial charge in [0.2, 0.25) is 0 Å². The van der Waals surface area contributed by atoms with Gasteiger partial charge in [0, 0.05) is 17.2 Å². The molecule has 1 amide bonds. The minimum atomic E-state index is -1.26. The summed E-state index contributed by atoms with van der Waals surface area (Å²) in [6.07, 6.45) is 2.50. The average Bonchev–Trinajstić information content (AvgIpc) is 2.68. The van der Waals surface area contributed by atoms with Gasteiger partial charge in [0.05, 0.1) is 0 Å². The number of amides is 1. The topological polar surface area (TPSA) is 99.8 Å². The summed E-state index contributed by atoms with van der Waals surface area (Å²) in [6.45, 7) is 1.22. The molecule has 110 valence electrons. The lowest BCUT2D eigenvalue weighted by Gasteiger charge is -2.19. The van der Waals surface area contributed by atoms with Crippen LogP contribution in [0.2, 0.25) is 0 Å². The van der Waals surface area contributed by atoms with E-state index in [2.05, 4.69) is 15.9 Å². The third-order valence-electron chi connectivity index (χ3n) is 2.49. The van der Waals surface area contributed by atoms with E-state index in [1.54, 1.807) is 16.8 Å². The second-order valence-corrected chi connectivity index (χ2v) is 5.10. The molecule has 1 heterocycles. The average molecular weight is 347 g/mol. The highest BCUT2D eigenvalue weighted by molar-refractivity contribution is 9.10. The first kappa shape index (κ1) is 16.2. The number of rotatable bonds is 7. The van der Waals surface area contributed by atoms with Gasteiger partial charge in [-0.25, -0.2) is 0 Å². The number of nitrogens with zero attached hydrogens (tertiary/aromatic N) is 2. The molecule has 1 rings (SSSR count). The van der Waals surface area contributed by atoms with Crippen molar-refractivity contribution in [1.82, 2.24) is 9.47 Å². The highest BCUT2D eigenvalue weighted by Gasteiger charge is 2.23. The number of halogens is 1. The van der Waals surface area contributed by atoms with Gasteiger partial charge in [0.25, 0.3) is 5.91 Å². The fraction of sp³-hybridized carbons (Fsp3) is 0.417. The Bertz CT molecular complexity index is 510. The smallest absolute Gasteiger partial charge is 0.323 e. The predicted octanol–water partition coefficient (Wildman–Crippen LogP) is 1.27. The quantitative estimate of drug-likeness (QED) is 0.774. The van der Waals surface area contributed by atoms with E-state index in [1.807, 2.05) is 6.92 Å². The maximum atomic E-state index is 12.3. The molecule has 0 saturated carbocycles. The van der Waals surface area contributed by atoms with Crippen LogP contribution in [0.25, 0.3) is 0 Å². The third-order valence-corrected chi connectivity index (χ3v) is 2.92. The first-order valence-electron chi connectivity index (χ1n) is 5.93. The Hall–Kier alpha value is -1.83. The van der Waals surface area contributed by atoms with Crippen LogP contribution in [0, 0.1) is 0 Å². The van der Waals surface area contributed by atoms with Crippen LogP contribution in [-0.2, 0) is 16.1 Å². The van der Waals surface area contributed by atoms with Crippen molar-refractivity contribution in [2.45, 2.75) is 19.9 Å². The minimum Gasteiger partial charge on any atom is -0.480 e. The molecule has 20 heavy (non-hydrogen) atoms. The highest BCUT2D eigenvalue weighted by Crippen LogP contribution is 2.17. The number of aromatic nitrogens is 1. The maximum absolute atomic E-state index is 12.3. The molecule has 0 radical (unpaired) electrons.